The van der Waals surface area contributed by atoms with E-state index in [0.29, 0.717) is 0 Å². The predicted molar refractivity (Wildman–Crippen MR) is 230 cm³/mol. The fraction of sp³-hybridized carbons (Fsp3) is 0.818. The Morgan fingerprint density at radius 2 is 0.831 bits per heavy atom. The van der Waals surface area contributed by atoms with Gasteiger partial charge in [0, 0.05) is 0 Å². The first-order chi connectivity index (χ1) is 33.2. The average Bonchev–Trinajstić information content (AvgIpc) is 3.53. The van der Waals surface area contributed by atoms with Crippen LogP contribution >= 0.6 is 0 Å². The molecule has 2 fully saturated rings. The maximum Gasteiger partial charge on any atom is 0.335 e. The van der Waals surface area contributed by atoms with Gasteiger partial charge in [0.25, 0.3) is 5.79 Å². The first-order valence-electron chi connectivity index (χ1n) is 23.1. The van der Waals surface area contributed by atoms with Gasteiger partial charge in [-0.25, -0.2) is 14.4 Å². The van der Waals surface area contributed by atoms with Crippen molar-refractivity contribution in [2.75, 3.05) is 19.8 Å². The van der Waals surface area contributed by atoms with E-state index in [9.17, 15) is 79.2 Å². The molecule has 8 N–H and O–H groups in total. The molecule has 408 valence electrons. The van der Waals surface area contributed by atoms with Crippen LogP contribution in [0.1, 0.15) is 107 Å². The monoisotopic (exact) mass is 1030 g/mol. The maximum atomic E-state index is 13.6. The topological polar surface area (TPSA) is 400 Å². The number of rotatable bonds is 29. The molecule has 2 rings (SSSR count). The predicted octanol–water partition coefficient (Wildman–Crippen LogP) is -2.82. The Bertz CT molecular complexity index is 1750. The van der Waals surface area contributed by atoms with Crippen molar-refractivity contribution in [2.24, 2.45) is 0 Å². The van der Waals surface area contributed by atoms with Crippen LogP contribution < -0.4 is 0 Å². The number of carbonyl (C=O) groups is 8. The molecule has 71 heavy (non-hydrogen) atoms. The van der Waals surface area contributed by atoms with E-state index in [4.69, 9.17) is 52.1 Å². The Kier molecular flexibility index (Phi) is 26.2. The van der Waals surface area contributed by atoms with E-state index in [2.05, 4.69) is 0 Å². The van der Waals surface area contributed by atoms with Crippen molar-refractivity contribution in [3.05, 3.63) is 0 Å². The summed E-state index contributed by atoms with van der Waals surface area (Å²) < 4.78 is 63.1. The minimum Gasteiger partial charge on any atom is -0.461 e. The molecular formula is C44H70O27. The van der Waals surface area contributed by atoms with Gasteiger partial charge in [0.2, 0.25) is 0 Å². The van der Waals surface area contributed by atoms with E-state index in [-0.39, 0.29) is 19.3 Å². The van der Waals surface area contributed by atoms with E-state index >= 15 is 0 Å². The number of aliphatic hydroxyl groups excluding tert-OH is 8. The molecule has 0 radical (unpaired) electrons. The van der Waals surface area contributed by atoms with Crippen molar-refractivity contribution in [3.63, 3.8) is 0 Å². The Morgan fingerprint density at radius 1 is 0.465 bits per heavy atom. The standard InChI is InChI=1S/C44H70O27/c1-9-25(50)40(58)61-17-28-35(65-30(53)12-20(4)45)37(66-31(54)13-21(5)46)38(67-32(55)14-22(6)47)43(64-28)69-36-29(18-62-41(59)26(51)10-2)70-44(71-34(57)16-24(8)49,19-63-42(60)27(52)11-3)39(36)68-33(56)15-23(7)48/h20-29,35-39,43,45-52H,9-19H2,1-8H3/t20?,21?,22?,23?,24?,25?,26?,27?,28-,29-,35+,36-,37+,38-,39+,43+,44+/m1/s1. The molecule has 27 heteroatoms. The van der Waals surface area contributed by atoms with Gasteiger partial charge in [-0.05, 0) is 53.9 Å². The largest absolute Gasteiger partial charge is 0.461 e. The molecule has 2 heterocycles. The Hall–Kier alpha value is -4.68. The molecule has 2 aliphatic rings. The minimum absolute atomic E-state index is 0.155. The molecular weight excluding hydrogens is 960 g/mol. The molecule has 17 atom stereocenters. The van der Waals surface area contributed by atoms with Crippen LogP contribution in [0, 0.1) is 0 Å². The molecule has 0 spiro atoms. The normalized spacial score (nSPS) is 27.5. The van der Waals surface area contributed by atoms with Crippen molar-refractivity contribution in [2.45, 2.75) is 210 Å². The highest BCUT2D eigenvalue weighted by Gasteiger charge is 2.65. The summed E-state index contributed by atoms with van der Waals surface area (Å²) in [6.45, 7) is 6.91. The fourth-order valence-electron chi connectivity index (χ4n) is 6.71. The smallest absolute Gasteiger partial charge is 0.335 e. The molecule has 27 nitrogen and oxygen atoms in total. The van der Waals surface area contributed by atoms with Crippen LogP contribution in [0.2, 0.25) is 0 Å². The quantitative estimate of drug-likeness (QED) is 0.0277. The molecule has 0 bridgehead atoms. The second-order valence-corrected chi connectivity index (χ2v) is 17.3. The van der Waals surface area contributed by atoms with Crippen LogP contribution in [0.15, 0.2) is 0 Å². The number of carbonyl (C=O) groups excluding carboxylic acids is 8. The number of aliphatic hydroxyl groups is 8. The Balaban J connectivity index is 3.12. The summed E-state index contributed by atoms with van der Waals surface area (Å²) in [7, 11) is 0. The summed E-state index contributed by atoms with van der Waals surface area (Å²) in [6.07, 6.45) is -33.5. The van der Waals surface area contributed by atoms with E-state index < -0.39 is 203 Å². The van der Waals surface area contributed by atoms with Gasteiger partial charge in [-0.3, -0.25) is 24.0 Å². The van der Waals surface area contributed by atoms with Gasteiger partial charge in [-0.2, -0.15) is 0 Å². The lowest BCUT2D eigenvalue weighted by atomic mass is 9.97. The van der Waals surface area contributed by atoms with Gasteiger partial charge in [0.15, 0.2) is 55.6 Å². The molecule has 0 aromatic heterocycles. The molecule has 2 aliphatic heterocycles. The highest BCUT2D eigenvalue weighted by atomic mass is 16.8. The minimum atomic E-state index is -2.94. The van der Waals surface area contributed by atoms with Gasteiger partial charge in [-0.1, -0.05) is 20.8 Å². The average molecular weight is 1030 g/mol. The third-order valence-electron chi connectivity index (χ3n) is 10.2. The van der Waals surface area contributed by atoms with Crippen LogP contribution in [0.4, 0.5) is 0 Å². The second kappa shape index (κ2) is 29.7. The first kappa shape index (κ1) is 62.4. The number of esters is 8. The molecule has 2 saturated heterocycles. The van der Waals surface area contributed by atoms with Crippen LogP contribution in [0.3, 0.4) is 0 Å². The van der Waals surface area contributed by atoms with E-state index in [1.807, 2.05) is 0 Å². The van der Waals surface area contributed by atoms with Crippen LogP contribution in [-0.4, -0.2) is 212 Å². The Labute approximate surface area is 408 Å². The zero-order chi connectivity index (χ0) is 53.9. The lowest BCUT2D eigenvalue weighted by Crippen LogP contribution is -2.64. The van der Waals surface area contributed by atoms with Gasteiger partial charge in [0.05, 0.1) is 62.6 Å². The van der Waals surface area contributed by atoms with Crippen molar-refractivity contribution in [1.29, 1.82) is 0 Å². The summed E-state index contributed by atoms with van der Waals surface area (Å²) >= 11 is 0. The summed E-state index contributed by atoms with van der Waals surface area (Å²) in [5, 5.41) is 81.4. The van der Waals surface area contributed by atoms with Crippen LogP contribution in [0.5, 0.6) is 0 Å². The molecule has 0 aromatic rings. The lowest BCUT2D eigenvalue weighted by molar-refractivity contribution is -0.325. The van der Waals surface area contributed by atoms with Gasteiger partial charge in [-0.15, -0.1) is 0 Å². The maximum absolute atomic E-state index is 13.6. The highest BCUT2D eigenvalue weighted by molar-refractivity contribution is 5.76. The molecule has 0 amide bonds. The van der Waals surface area contributed by atoms with Gasteiger partial charge >= 0.3 is 47.8 Å². The summed E-state index contributed by atoms with van der Waals surface area (Å²) in [5.41, 5.74) is 0. The number of hydrogen-bond acceptors (Lipinski definition) is 27. The molecule has 8 unspecified atom stereocenters. The molecule has 0 aliphatic carbocycles. The zero-order valence-corrected chi connectivity index (χ0v) is 40.9. The van der Waals surface area contributed by atoms with E-state index in [0.717, 1.165) is 0 Å². The van der Waals surface area contributed by atoms with Crippen molar-refractivity contribution in [1.82, 2.24) is 0 Å². The highest BCUT2D eigenvalue weighted by Crippen LogP contribution is 2.41. The fourth-order valence-corrected chi connectivity index (χ4v) is 6.71. The van der Waals surface area contributed by atoms with Crippen LogP contribution in [-0.2, 0) is 90.5 Å². The number of ether oxygens (including phenoxy) is 11. The van der Waals surface area contributed by atoms with E-state index in [1.165, 1.54) is 55.4 Å². The van der Waals surface area contributed by atoms with Gasteiger partial charge < -0.3 is 93.0 Å². The summed E-state index contributed by atoms with van der Waals surface area (Å²) in [5.74, 6) is -13.1. The molecule has 0 saturated carbocycles. The molecule has 0 aromatic carbocycles. The Morgan fingerprint density at radius 3 is 1.25 bits per heavy atom. The van der Waals surface area contributed by atoms with Gasteiger partial charge in [0.1, 0.15) is 31.5 Å². The third-order valence-corrected chi connectivity index (χ3v) is 10.2. The third kappa shape index (κ3) is 20.4. The van der Waals surface area contributed by atoms with E-state index in [1.54, 1.807) is 0 Å². The van der Waals surface area contributed by atoms with Crippen molar-refractivity contribution < 1.29 is 131 Å². The SMILES string of the molecule is CCC(O)C(=O)OC[C@H]1O[C@@H](O[C@@H]2[C@@H](COC(=O)C(O)CC)O[C@@](COC(=O)C(O)CC)(OC(=O)CC(C)O)[C@H]2OC(=O)CC(C)O)[C@H](OC(=O)CC(C)O)[C@@H](OC(=O)CC(C)O)[C@H]1OC(=O)CC(C)O. The summed E-state index contributed by atoms with van der Waals surface area (Å²) in [4.78, 5) is 106. The van der Waals surface area contributed by atoms with Crippen molar-refractivity contribution >= 4 is 47.8 Å². The first-order valence-corrected chi connectivity index (χ1v) is 23.1. The lowest BCUT2D eigenvalue weighted by Gasteiger charge is -2.45. The second-order valence-electron chi connectivity index (χ2n) is 17.3. The number of hydrogen-bond donors (Lipinski definition) is 8. The van der Waals surface area contributed by atoms with Crippen LogP contribution in [0.25, 0.3) is 0 Å². The zero-order valence-electron chi connectivity index (χ0n) is 40.9. The summed E-state index contributed by atoms with van der Waals surface area (Å²) in [6, 6.07) is 0. The van der Waals surface area contributed by atoms with Crippen molar-refractivity contribution in [3.8, 4) is 0 Å².